The van der Waals surface area contributed by atoms with Crippen LogP contribution in [0.5, 0.6) is 0 Å². The molecule has 2 atom stereocenters. The lowest BCUT2D eigenvalue weighted by atomic mass is 9.99. The molecule has 1 amide bonds. The molecule has 0 saturated carbocycles. The second-order valence-electron chi connectivity index (χ2n) is 12.1. The second-order valence-corrected chi connectivity index (χ2v) is 12.1. The fourth-order valence-electron chi connectivity index (χ4n) is 5.82. The quantitative estimate of drug-likeness (QED) is 0.292. The van der Waals surface area contributed by atoms with Gasteiger partial charge in [-0.05, 0) is 101 Å². The number of likely N-dealkylation sites (tertiary alicyclic amines) is 1. The molecule has 1 saturated heterocycles. The number of hydrogen-bond donors (Lipinski definition) is 1. The Morgan fingerprint density at radius 3 is 2.22 bits per heavy atom. The zero-order valence-corrected chi connectivity index (χ0v) is 25.0. The van der Waals surface area contributed by atoms with Gasteiger partial charge in [0.1, 0.15) is 0 Å². The van der Waals surface area contributed by atoms with Crippen molar-refractivity contribution in [1.82, 2.24) is 14.8 Å². The number of nitrogens with zero attached hydrogens (tertiary/aromatic N) is 2. The predicted octanol–water partition coefficient (Wildman–Crippen LogP) is 6.63. The highest BCUT2D eigenvalue weighted by molar-refractivity contribution is 5.99. The standard InChI is InChI=1S/C34H41N3O.CO2/c1-23-25(3)37(21-26-12-14-28(15-13-26)27-10-8-7-9-11-27)32-17-16-29(20-31(23)32)33(38)35-24(2)30-18-19-36(22-30)34(4,5)6;2-1-3/h7-17,20,24,30H,18-19,21-22H2,1-6H3,(H,35,38);/t24-,30?;/m0./s1. The second kappa shape index (κ2) is 12.7. The molecular formula is C35H41N3O3. The summed E-state index contributed by atoms with van der Waals surface area (Å²) < 4.78 is 2.37. The van der Waals surface area contributed by atoms with Crippen LogP contribution in [-0.4, -0.2) is 46.2 Å². The number of rotatable bonds is 6. The maximum absolute atomic E-state index is 13.2. The van der Waals surface area contributed by atoms with E-state index < -0.39 is 0 Å². The molecule has 0 bridgehead atoms. The molecule has 0 aliphatic carbocycles. The van der Waals surface area contributed by atoms with Crippen LogP contribution in [0.25, 0.3) is 22.0 Å². The highest BCUT2D eigenvalue weighted by Crippen LogP contribution is 2.29. The average Bonchev–Trinajstić information content (AvgIpc) is 3.55. The van der Waals surface area contributed by atoms with E-state index in [1.807, 2.05) is 12.1 Å². The molecule has 3 aromatic carbocycles. The first-order valence-corrected chi connectivity index (χ1v) is 14.3. The Labute approximate surface area is 243 Å². The fraction of sp³-hybridized carbons (Fsp3) is 0.371. The molecule has 1 aromatic heterocycles. The summed E-state index contributed by atoms with van der Waals surface area (Å²) in [5, 5.41) is 4.46. The van der Waals surface area contributed by atoms with Gasteiger partial charge in [0.05, 0.1) is 0 Å². The maximum atomic E-state index is 13.2. The molecule has 1 unspecified atom stereocenters. The van der Waals surface area contributed by atoms with Crippen LogP contribution in [0.2, 0.25) is 0 Å². The lowest BCUT2D eigenvalue weighted by molar-refractivity contribution is -0.191. The maximum Gasteiger partial charge on any atom is 0.373 e. The van der Waals surface area contributed by atoms with Crippen molar-refractivity contribution in [3.8, 4) is 11.1 Å². The van der Waals surface area contributed by atoms with E-state index in [2.05, 4.69) is 117 Å². The normalized spacial score (nSPS) is 16.1. The van der Waals surface area contributed by atoms with Crippen molar-refractivity contribution in [3.05, 3.63) is 95.2 Å². The number of carbonyl (C=O) groups is 1. The van der Waals surface area contributed by atoms with E-state index in [0.717, 1.165) is 37.0 Å². The molecule has 41 heavy (non-hydrogen) atoms. The summed E-state index contributed by atoms with van der Waals surface area (Å²) in [4.78, 5) is 32.0. The average molecular weight is 552 g/mol. The van der Waals surface area contributed by atoms with Crippen LogP contribution >= 0.6 is 0 Å². The number of benzene rings is 3. The monoisotopic (exact) mass is 551 g/mol. The summed E-state index contributed by atoms with van der Waals surface area (Å²) in [5.41, 5.74) is 8.30. The summed E-state index contributed by atoms with van der Waals surface area (Å²) in [7, 11) is 0. The SMILES string of the molecule is Cc1c(C)n(Cc2ccc(-c3ccccc3)cc2)c2ccc(C(=O)N[C@@H](C)C3CCN(C(C)(C)C)C3)cc12.O=C=O. The zero-order chi connectivity index (χ0) is 29.7. The van der Waals surface area contributed by atoms with Crippen molar-refractivity contribution in [2.75, 3.05) is 13.1 Å². The van der Waals surface area contributed by atoms with Crippen molar-refractivity contribution in [1.29, 1.82) is 0 Å². The van der Waals surface area contributed by atoms with Crippen molar-refractivity contribution in [2.24, 2.45) is 5.92 Å². The van der Waals surface area contributed by atoms with E-state index in [1.54, 1.807) is 0 Å². The van der Waals surface area contributed by atoms with Crippen LogP contribution in [0.4, 0.5) is 0 Å². The molecule has 214 valence electrons. The van der Waals surface area contributed by atoms with Crippen LogP contribution in [0.1, 0.15) is 61.3 Å². The molecule has 6 nitrogen and oxygen atoms in total. The van der Waals surface area contributed by atoms with Crippen molar-refractivity contribution in [3.63, 3.8) is 0 Å². The lowest BCUT2D eigenvalue weighted by Gasteiger charge is -2.32. The number of fused-ring (bicyclic) bond motifs is 1. The minimum absolute atomic E-state index is 0.0231. The Kier molecular flexibility index (Phi) is 9.27. The van der Waals surface area contributed by atoms with Gasteiger partial charge in [0.2, 0.25) is 0 Å². The smallest absolute Gasteiger partial charge is 0.349 e. The summed E-state index contributed by atoms with van der Waals surface area (Å²) >= 11 is 0. The highest BCUT2D eigenvalue weighted by atomic mass is 16.2. The van der Waals surface area contributed by atoms with Crippen LogP contribution in [0.3, 0.4) is 0 Å². The molecule has 1 aliphatic heterocycles. The molecule has 5 rings (SSSR count). The number of hydrogen-bond acceptors (Lipinski definition) is 4. The first-order valence-electron chi connectivity index (χ1n) is 14.3. The minimum atomic E-state index is 0.0231. The Bertz CT molecular complexity index is 1530. The summed E-state index contributed by atoms with van der Waals surface area (Å²) in [6.07, 6.45) is 1.38. The lowest BCUT2D eigenvalue weighted by Crippen LogP contribution is -2.43. The third-order valence-corrected chi connectivity index (χ3v) is 8.54. The van der Waals surface area contributed by atoms with E-state index >= 15 is 0 Å². The van der Waals surface area contributed by atoms with Crippen LogP contribution in [0, 0.1) is 19.8 Å². The molecule has 1 aliphatic rings. The van der Waals surface area contributed by atoms with Gasteiger partial charge < -0.3 is 9.88 Å². The minimum Gasteiger partial charge on any atom is -0.349 e. The van der Waals surface area contributed by atoms with E-state index in [1.165, 1.54) is 33.5 Å². The van der Waals surface area contributed by atoms with Crippen LogP contribution in [0.15, 0.2) is 72.8 Å². The molecule has 6 heteroatoms. The summed E-state index contributed by atoms with van der Waals surface area (Å²) in [5.74, 6) is 0.509. The van der Waals surface area contributed by atoms with E-state index in [4.69, 9.17) is 9.59 Å². The largest absolute Gasteiger partial charge is 0.373 e. The van der Waals surface area contributed by atoms with Crippen LogP contribution in [-0.2, 0) is 16.1 Å². The predicted molar refractivity (Wildman–Crippen MR) is 164 cm³/mol. The van der Waals surface area contributed by atoms with Crippen molar-refractivity contribution >= 4 is 23.0 Å². The van der Waals surface area contributed by atoms with Gasteiger partial charge in [-0.25, -0.2) is 0 Å². The van der Waals surface area contributed by atoms with Gasteiger partial charge >= 0.3 is 6.15 Å². The molecule has 0 spiro atoms. The van der Waals surface area contributed by atoms with E-state index in [-0.39, 0.29) is 23.6 Å². The Hall–Kier alpha value is -3.99. The first kappa shape index (κ1) is 30.0. The first-order chi connectivity index (χ1) is 19.5. The highest BCUT2D eigenvalue weighted by Gasteiger charge is 2.33. The number of carbonyl (C=O) groups excluding carboxylic acids is 3. The van der Waals surface area contributed by atoms with Gasteiger partial charge in [-0.3, -0.25) is 9.69 Å². The molecule has 1 N–H and O–H groups in total. The Balaban J connectivity index is 0.00000124. The molecular weight excluding hydrogens is 510 g/mol. The van der Waals surface area contributed by atoms with Crippen molar-refractivity contribution in [2.45, 2.75) is 66.1 Å². The zero-order valence-electron chi connectivity index (χ0n) is 25.0. The van der Waals surface area contributed by atoms with E-state index in [9.17, 15) is 4.79 Å². The van der Waals surface area contributed by atoms with Gasteiger partial charge in [0.25, 0.3) is 5.91 Å². The summed E-state index contributed by atoms with van der Waals surface area (Å²) in [6.45, 7) is 16.2. The van der Waals surface area contributed by atoms with Gasteiger partial charge in [0.15, 0.2) is 0 Å². The Morgan fingerprint density at radius 1 is 0.976 bits per heavy atom. The Morgan fingerprint density at radius 2 is 1.61 bits per heavy atom. The fourth-order valence-corrected chi connectivity index (χ4v) is 5.82. The topological polar surface area (TPSA) is 71.4 Å². The molecule has 4 aromatic rings. The molecule has 0 radical (unpaired) electrons. The van der Waals surface area contributed by atoms with Gasteiger partial charge in [-0.15, -0.1) is 0 Å². The van der Waals surface area contributed by atoms with Gasteiger partial charge in [-0.2, -0.15) is 9.59 Å². The third-order valence-electron chi connectivity index (χ3n) is 8.54. The number of amides is 1. The van der Waals surface area contributed by atoms with Crippen molar-refractivity contribution < 1.29 is 14.4 Å². The van der Waals surface area contributed by atoms with E-state index in [0.29, 0.717) is 5.92 Å². The van der Waals surface area contributed by atoms with Gasteiger partial charge in [-0.1, -0.05) is 54.6 Å². The molecule has 2 heterocycles. The van der Waals surface area contributed by atoms with Crippen LogP contribution < -0.4 is 5.32 Å². The number of aryl methyl sites for hydroxylation is 1. The van der Waals surface area contributed by atoms with Gasteiger partial charge in [0, 0.05) is 46.8 Å². The summed E-state index contributed by atoms with van der Waals surface area (Å²) in [6, 6.07) is 25.6. The molecule has 1 fully saturated rings. The number of nitrogens with one attached hydrogen (secondary N) is 1. The third kappa shape index (κ3) is 6.84. The number of aromatic nitrogens is 1.